The molecule has 1 unspecified atom stereocenters. The van der Waals surface area contributed by atoms with Crippen molar-refractivity contribution in [1.82, 2.24) is 15.1 Å². The fourth-order valence-corrected chi connectivity index (χ4v) is 4.60. The maximum atomic E-state index is 11.7. The van der Waals surface area contributed by atoms with Crippen molar-refractivity contribution in [2.24, 2.45) is 0 Å². The van der Waals surface area contributed by atoms with Gasteiger partial charge in [-0.3, -0.25) is 9.69 Å². The summed E-state index contributed by atoms with van der Waals surface area (Å²) in [6, 6.07) is 9.14. The first-order valence-corrected chi connectivity index (χ1v) is 11.3. The first-order chi connectivity index (χ1) is 14.2. The first kappa shape index (κ1) is 20.6. The number of rotatable bonds is 7. The van der Waals surface area contributed by atoms with Crippen molar-refractivity contribution in [3.8, 4) is 5.75 Å². The van der Waals surface area contributed by atoms with Gasteiger partial charge in [-0.15, -0.1) is 0 Å². The molecule has 29 heavy (non-hydrogen) atoms. The Balaban J connectivity index is 1.30. The first-order valence-electron chi connectivity index (χ1n) is 11.3. The van der Waals surface area contributed by atoms with E-state index in [0.717, 1.165) is 76.1 Å². The van der Waals surface area contributed by atoms with Gasteiger partial charge in [-0.05, 0) is 43.4 Å². The van der Waals surface area contributed by atoms with Gasteiger partial charge in [-0.25, -0.2) is 0 Å². The maximum absolute atomic E-state index is 11.7. The van der Waals surface area contributed by atoms with Crippen LogP contribution in [0.15, 0.2) is 24.3 Å². The van der Waals surface area contributed by atoms with Crippen molar-refractivity contribution < 1.29 is 14.3 Å². The summed E-state index contributed by atoms with van der Waals surface area (Å²) in [7, 11) is 0. The molecular weight excluding hydrogens is 366 g/mol. The van der Waals surface area contributed by atoms with Crippen LogP contribution in [0.5, 0.6) is 5.75 Å². The largest absolute Gasteiger partial charge is 0.490 e. The quantitative estimate of drug-likeness (QED) is 0.761. The molecule has 1 N–H and O–H groups in total. The van der Waals surface area contributed by atoms with Crippen LogP contribution >= 0.6 is 0 Å². The summed E-state index contributed by atoms with van der Waals surface area (Å²) in [6.07, 6.45) is 6.71. The number of carbonyl (C=O) groups is 1. The van der Waals surface area contributed by atoms with Crippen molar-refractivity contribution in [3.05, 3.63) is 29.8 Å². The van der Waals surface area contributed by atoms with Crippen LogP contribution in [0.2, 0.25) is 0 Å². The van der Waals surface area contributed by atoms with E-state index in [-0.39, 0.29) is 11.9 Å². The average Bonchev–Trinajstić information content (AvgIpc) is 2.69. The second-order valence-electron chi connectivity index (χ2n) is 8.67. The van der Waals surface area contributed by atoms with E-state index >= 15 is 0 Å². The zero-order valence-corrected chi connectivity index (χ0v) is 17.6. The number of hydrogen-bond donors (Lipinski definition) is 1. The minimum atomic E-state index is -0.00892. The van der Waals surface area contributed by atoms with E-state index in [1.54, 1.807) is 6.92 Å². The average molecular weight is 402 g/mol. The molecule has 3 fully saturated rings. The molecule has 0 spiro atoms. The number of ether oxygens (including phenoxy) is 2. The smallest absolute Gasteiger partial charge is 0.217 e. The lowest BCUT2D eigenvalue weighted by Gasteiger charge is -2.41. The van der Waals surface area contributed by atoms with E-state index in [0.29, 0.717) is 6.10 Å². The Labute approximate surface area is 174 Å². The second-order valence-corrected chi connectivity index (χ2v) is 8.67. The van der Waals surface area contributed by atoms with Crippen LogP contribution in [-0.2, 0) is 9.53 Å². The Morgan fingerprint density at radius 1 is 1.10 bits per heavy atom. The molecule has 1 saturated carbocycles. The summed E-state index contributed by atoms with van der Waals surface area (Å²) in [5.41, 5.74) is 1.12. The Kier molecular flexibility index (Phi) is 7.06. The number of morpholine rings is 1. The molecule has 1 aromatic carbocycles. The van der Waals surface area contributed by atoms with E-state index in [2.05, 4.69) is 39.4 Å². The summed E-state index contributed by atoms with van der Waals surface area (Å²) in [5, 5.41) is 3.10. The minimum Gasteiger partial charge on any atom is -0.490 e. The predicted molar refractivity (Wildman–Crippen MR) is 113 cm³/mol. The van der Waals surface area contributed by atoms with E-state index in [1.165, 1.54) is 19.3 Å². The van der Waals surface area contributed by atoms with E-state index in [4.69, 9.17) is 9.47 Å². The van der Waals surface area contributed by atoms with Crippen LogP contribution in [-0.4, -0.2) is 73.8 Å². The van der Waals surface area contributed by atoms with Gasteiger partial charge in [0, 0.05) is 45.7 Å². The second kappa shape index (κ2) is 9.92. The van der Waals surface area contributed by atoms with Crippen LogP contribution in [0.1, 0.15) is 50.6 Å². The number of amides is 1. The zero-order valence-electron chi connectivity index (χ0n) is 17.6. The lowest BCUT2D eigenvalue weighted by Crippen LogP contribution is -2.46. The van der Waals surface area contributed by atoms with Crippen molar-refractivity contribution in [1.29, 1.82) is 0 Å². The molecule has 1 amide bonds. The fourth-order valence-electron chi connectivity index (χ4n) is 4.60. The Bertz CT molecular complexity index is 648. The Morgan fingerprint density at radius 2 is 1.79 bits per heavy atom. The van der Waals surface area contributed by atoms with Gasteiger partial charge in [0.05, 0.1) is 19.3 Å². The molecule has 3 aliphatic rings. The van der Waals surface area contributed by atoms with Gasteiger partial charge < -0.3 is 19.7 Å². The van der Waals surface area contributed by atoms with Crippen LogP contribution in [0.4, 0.5) is 0 Å². The Morgan fingerprint density at radius 3 is 2.38 bits per heavy atom. The monoisotopic (exact) mass is 401 g/mol. The summed E-state index contributed by atoms with van der Waals surface area (Å²) in [5.74, 6) is 0.936. The maximum Gasteiger partial charge on any atom is 0.217 e. The molecule has 2 aliphatic heterocycles. The summed E-state index contributed by atoms with van der Waals surface area (Å²) >= 11 is 0. The third-order valence-corrected chi connectivity index (χ3v) is 6.57. The van der Waals surface area contributed by atoms with Crippen molar-refractivity contribution in [3.63, 3.8) is 0 Å². The number of hydrogen-bond acceptors (Lipinski definition) is 5. The summed E-state index contributed by atoms with van der Waals surface area (Å²) in [4.78, 5) is 16.7. The van der Waals surface area contributed by atoms with E-state index in [1.807, 2.05) is 0 Å². The normalized spacial score (nSPS) is 23.3. The predicted octanol–water partition coefficient (Wildman–Crippen LogP) is 2.59. The molecule has 1 atom stereocenters. The van der Waals surface area contributed by atoms with Gasteiger partial charge in [0.25, 0.3) is 0 Å². The number of benzene rings is 1. The number of piperidine rings is 1. The molecule has 1 aromatic rings. The summed E-state index contributed by atoms with van der Waals surface area (Å²) in [6.45, 7) is 8.07. The third-order valence-electron chi connectivity index (χ3n) is 6.57. The molecule has 0 bridgehead atoms. The van der Waals surface area contributed by atoms with Crippen molar-refractivity contribution >= 4 is 5.91 Å². The SMILES string of the molecule is CC(=O)NC(CN1CCOCC1)c1ccc(OC2CCN(C3CCC3)CC2)cc1. The highest BCUT2D eigenvalue weighted by Crippen LogP contribution is 2.29. The molecule has 2 heterocycles. The fraction of sp³-hybridized carbons (Fsp3) is 0.696. The van der Waals surface area contributed by atoms with Gasteiger partial charge in [0.1, 0.15) is 11.9 Å². The van der Waals surface area contributed by atoms with Crippen LogP contribution in [0, 0.1) is 0 Å². The lowest BCUT2D eigenvalue weighted by molar-refractivity contribution is -0.119. The molecule has 6 heteroatoms. The topological polar surface area (TPSA) is 54.0 Å². The van der Waals surface area contributed by atoms with Gasteiger partial charge in [0.15, 0.2) is 0 Å². The number of nitrogens with zero attached hydrogens (tertiary/aromatic N) is 2. The van der Waals surface area contributed by atoms with Crippen molar-refractivity contribution in [2.75, 3.05) is 45.9 Å². The van der Waals surface area contributed by atoms with Gasteiger partial charge in [0.2, 0.25) is 5.91 Å². The molecular formula is C23H35N3O3. The molecule has 0 radical (unpaired) electrons. The molecule has 6 nitrogen and oxygen atoms in total. The highest BCUT2D eigenvalue weighted by molar-refractivity contribution is 5.73. The summed E-state index contributed by atoms with van der Waals surface area (Å²) < 4.78 is 11.7. The van der Waals surface area contributed by atoms with E-state index in [9.17, 15) is 4.79 Å². The third kappa shape index (κ3) is 5.71. The van der Waals surface area contributed by atoms with Crippen LogP contribution in [0.25, 0.3) is 0 Å². The van der Waals surface area contributed by atoms with Crippen LogP contribution < -0.4 is 10.1 Å². The van der Waals surface area contributed by atoms with Gasteiger partial charge >= 0.3 is 0 Å². The molecule has 4 rings (SSSR count). The Hall–Kier alpha value is -1.63. The molecule has 0 aromatic heterocycles. The van der Waals surface area contributed by atoms with Gasteiger partial charge in [-0.2, -0.15) is 0 Å². The number of carbonyl (C=O) groups excluding carboxylic acids is 1. The number of nitrogens with one attached hydrogen (secondary N) is 1. The standard InChI is InChI=1S/C23H35N3O3/c1-18(27)24-23(17-25-13-15-28-16-14-25)19-5-7-21(8-6-19)29-22-9-11-26(12-10-22)20-3-2-4-20/h5-8,20,22-23H,2-4,9-17H2,1H3,(H,24,27). The van der Waals surface area contributed by atoms with Crippen molar-refractivity contribution in [2.45, 2.75) is 57.2 Å². The van der Waals surface area contributed by atoms with Crippen LogP contribution in [0.3, 0.4) is 0 Å². The highest BCUT2D eigenvalue weighted by atomic mass is 16.5. The number of likely N-dealkylation sites (tertiary alicyclic amines) is 1. The van der Waals surface area contributed by atoms with E-state index < -0.39 is 0 Å². The molecule has 160 valence electrons. The molecule has 1 aliphatic carbocycles. The minimum absolute atomic E-state index is 0.00167. The van der Waals surface area contributed by atoms with Gasteiger partial charge in [-0.1, -0.05) is 18.6 Å². The molecule has 2 saturated heterocycles. The highest BCUT2D eigenvalue weighted by Gasteiger charge is 2.29. The lowest BCUT2D eigenvalue weighted by atomic mass is 9.90. The zero-order chi connectivity index (χ0) is 20.1.